The summed E-state index contributed by atoms with van der Waals surface area (Å²) in [6.45, 7) is 11.1. The molecule has 0 spiro atoms. The molecule has 0 radical (unpaired) electrons. The molecule has 0 aromatic rings. The van der Waals surface area contributed by atoms with Crippen molar-refractivity contribution in [2.24, 2.45) is 0 Å². The number of hydrogen-bond acceptors (Lipinski definition) is 4. The lowest BCUT2D eigenvalue weighted by atomic mass is 10.2. The van der Waals surface area contributed by atoms with Gasteiger partial charge < -0.3 is 15.0 Å². The first-order valence-electron chi connectivity index (χ1n) is 7.86. The summed E-state index contributed by atoms with van der Waals surface area (Å²) in [5.41, 5.74) is 0. The highest BCUT2D eigenvalue weighted by Gasteiger charge is 2.24. The fraction of sp³-hybridized carbons (Fsp3) is 1.00. The lowest BCUT2D eigenvalue weighted by Crippen LogP contribution is -2.46. The number of methoxy groups -OCH3 is 1. The van der Waals surface area contributed by atoms with Crippen molar-refractivity contribution in [3.8, 4) is 0 Å². The molecular weight excluding hydrogens is 238 g/mol. The monoisotopic (exact) mass is 271 g/mol. The van der Waals surface area contributed by atoms with Crippen LogP contribution < -0.4 is 5.32 Å². The van der Waals surface area contributed by atoms with E-state index >= 15 is 0 Å². The lowest BCUT2D eigenvalue weighted by Gasteiger charge is -2.30. The number of nitrogens with one attached hydrogen (secondary N) is 1. The van der Waals surface area contributed by atoms with Gasteiger partial charge in [0.1, 0.15) is 0 Å². The molecule has 1 rings (SSSR count). The molecule has 1 aliphatic rings. The van der Waals surface area contributed by atoms with E-state index in [0.29, 0.717) is 6.04 Å². The minimum Gasteiger partial charge on any atom is -0.383 e. The van der Waals surface area contributed by atoms with Gasteiger partial charge in [0.15, 0.2) is 0 Å². The average Bonchev–Trinajstić information content (AvgIpc) is 2.83. The second kappa shape index (κ2) is 9.70. The van der Waals surface area contributed by atoms with Crippen LogP contribution >= 0.6 is 0 Å². The zero-order valence-corrected chi connectivity index (χ0v) is 13.3. The van der Waals surface area contributed by atoms with E-state index < -0.39 is 0 Å². The maximum atomic E-state index is 5.31. The Morgan fingerprint density at radius 2 is 2.21 bits per heavy atom. The van der Waals surface area contributed by atoms with Gasteiger partial charge in [-0.2, -0.15) is 0 Å². The first-order valence-corrected chi connectivity index (χ1v) is 7.86. The van der Waals surface area contributed by atoms with Gasteiger partial charge in [0.2, 0.25) is 0 Å². The molecule has 0 bridgehead atoms. The highest BCUT2D eigenvalue weighted by Crippen LogP contribution is 2.17. The largest absolute Gasteiger partial charge is 0.383 e. The molecule has 1 fully saturated rings. The average molecular weight is 271 g/mol. The predicted molar refractivity (Wildman–Crippen MR) is 81.7 cm³/mol. The normalized spacial score (nSPS) is 22.3. The molecule has 0 aromatic carbocycles. The summed E-state index contributed by atoms with van der Waals surface area (Å²) in [6.07, 6.45) is 3.90. The highest BCUT2D eigenvalue weighted by atomic mass is 16.5. The number of likely N-dealkylation sites (N-methyl/N-ethyl adjacent to an activating group) is 2. The van der Waals surface area contributed by atoms with Crippen LogP contribution in [0.5, 0.6) is 0 Å². The predicted octanol–water partition coefficient (Wildman–Crippen LogP) is 1.42. The minimum absolute atomic E-state index is 0.450. The second-order valence-electron chi connectivity index (χ2n) is 5.75. The Kier molecular flexibility index (Phi) is 8.62. The Labute approximate surface area is 119 Å². The van der Waals surface area contributed by atoms with Crippen molar-refractivity contribution in [2.75, 3.05) is 53.5 Å². The zero-order valence-electron chi connectivity index (χ0n) is 13.3. The third-order valence-corrected chi connectivity index (χ3v) is 4.01. The molecule has 1 N–H and O–H groups in total. The summed E-state index contributed by atoms with van der Waals surface area (Å²) >= 11 is 0. The fourth-order valence-electron chi connectivity index (χ4n) is 3.05. The van der Waals surface area contributed by atoms with Crippen molar-refractivity contribution in [2.45, 2.75) is 45.2 Å². The number of nitrogens with zero attached hydrogens (tertiary/aromatic N) is 2. The van der Waals surface area contributed by atoms with E-state index in [0.717, 1.165) is 25.7 Å². The van der Waals surface area contributed by atoms with E-state index in [9.17, 15) is 0 Å². The van der Waals surface area contributed by atoms with Crippen LogP contribution in [0.1, 0.15) is 33.1 Å². The van der Waals surface area contributed by atoms with Crippen molar-refractivity contribution < 1.29 is 4.74 Å². The van der Waals surface area contributed by atoms with Crippen molar-refractivity contribution >= 4 is 0 Å². The molecule has 0 aliphatic carbocycles. The van der Waals surface area contributed by atoms with Crippen LogP contribution in [-0.4, -0.2) is 75.4 Å². The van der Waals surface area contributed by atoms with E-state index in [-0.39, 0.29) is 0 Å². The third-order valence-electron chi connectivity index (χ3n) is 4.01. The van der Waals surface area contributed by atoms with Gasteiger partial charge in [-0.15, -0.1) is 0 Å². The first kappa shape index (κ1) is 16.9. The second-order valence-corrected chi connectivity index (χ2v) is 5.75. The van der Waals surface area contributed by atoms with Crippen molar-refractivity contribution in [3.05, 3.63) is 0 Å². The topological polar surface area (TPSA) is 27.7 Å². The Hall–Kier alpha value is -0.160. The lowest BCUT2D eigenvalue weighted by molar-refractivity contribution is 0.133. The quantitative estimate of drug-likeness (QED) is 0.650. The van der Waals surface area contributed by atoms with Crippen LogP contribution in [0.4, 0.5) is 0 Å². The van der Waals surface area contributed by atoms with Gasteiger partial charge in [-0.3, -0.25) is 4.90 Å². The molecule has 1 saturated heterocycles. The molecule has 1 aliphatic heterocycles. The molecule has 0 aromatic heterocycles. The highest BCUT2D eigenvalue weighted by molar-refractivity contribution is 4.82. The molecular formula is C15H33N3O. The summed E-state index contributed by atoms with van der Waals surface area (Å²) in [6, 6.07) is 1.20. The molecule has 4 heteroatoms. The SMILES string of the molecule is CCCNC(COC)CN(C)CC1CCCN1CC. The van der Waals surface area contributed by atoms with Crippen LogP contribution in [-0.2, 0) is 4.74 Å². The molecule has 2 atom stereocenters. The van der Waals surface area contributed by atoms with Crippen LogP contribution in [0.2, 0.25) is 0 Å². The molecule has 0 saturated carbocycles. The molecule has 19 heavy (non-hydrogen) atoms. The smallest absolute Gasteiger partial charge is 0.0628 e. The fourth-order valence-corrected chi connectivity index (χ4v) is 3.05. The summed E-state index contributed by atoms with van der Waals surface area (Å²) in [4.78, 5) is 5.08. The number of hydrogen-bond donors (Lipinski definition) is 1. The standard InChI is InChI=1S/C15H33N3O/c1-5-9-16-14(13-19-4)11-17(3)12-15-8-7-10-18(15)6-2/h14-16H,5-13H2,1-4H3. The summed E-state index contributed by atoms with van der Waals surface area (Å²) in [5, 5.41) is 3.57. The van der Waals surface area contributed by atoms with E-state index in [1.807, 2.05) is 0 Å². The van der Waals surface area contributed by atoms with Crippen LogP contribution in [0, 0.1) is 0 Å². The maximum Gasteiger partial charge on any atom is 0.0628 e. The number of rotatable bonds is 10. The summed E-state index contributed by atoms with van der Waals surface area (Å²) in [7, 11) is 4.03. The Morgan fingerprint density at radius 3 is 2.84 bits per heavy atom. The van der Waals surface area contributed by atoms with Gasteiger partial charge in [0.05, 0.1) is 6.61 Å². The maximum absolute atomic E-state index is 5.31. The Bertz CT molecular complexity index is 225. The molecule has 4 nitrogen and oxygen atoms in total. The van der Waals surface area contributed by atoms with Crippen LogP contribution in [0.25, 0.3) is 0 Å². The number of likely N-dealkylation sites (tertiary alicyclic amines) is 1. The first-order chi connectivity index (χ1) is 9.21. The van der Waals surface area contributed by atoms with Gasteiger partial charge in [0.25, 0.3) is 0 Å². The zero-order chi connectivity index (χ0) is 14.1. The van der Waals surface area contributed by atoms with Gasteiger partial charge in [-0.1, -0.05) is 13.8 Å². The van der Waals surface area contributed by atoms with Crippen molar-refractivity contribution in [1.29, 1.82) is 0 Å². The van der Waals surface area contributed by atoms with E-state index in [1.54, 1.807) is 7.11 Å². The van der Waals surface area contributed by atoms with Crippen LogP contribution in [0.15, 0.2) is 0 Å². The summed E-state index contributed by atoms with van der Waals surface area (Å²) in [5.74, 6) is 0. The molecule has 2 unspecified atom stereocenters. The van der Waals surface area contributed by atoms with E-state index in [4.69, 9.17) is 4.74 Å². The van der Waals surface area contributed by atoms with Gasteiger partial charge in [-0.25, -0.2) is 0 Å². The van der Waals surface area contributed by atoms with Gasteiger partial charge in [0, 0.05) is 32.3 Å². The minimum atomic E-state index is 0.450. The number of ether oxygens (including phenoxy) is 1. The molecule has 0 amide bonds. The molecule has 114 valence electrons. The van der Waals surface area contributed by atoms with E-state index in [2.05, 4.69) is 36.0 Å². The molecule has 1 heterocycles. The summed E-state index contributed by atoms with van der Waals surface area (Å²) < 4.78 is 5.31. The van der Waals surface area contributed by atoms with Gasteiger partial charge >= 0.3 is 0 Å². The van der Waals surface area contributed by atoms with Crippen molar-refractivity contribution in [3.63, 3.8) is 0 Å². The Balaban J connectivity index is 2.32. The van der Waals surface area contributed by atoms with Crippen molar-refractivity contribution in [1.82, 2.24) is 15.1 Å². The Morgan fingerprint density at radius 1 is 1.42 bits per heavy atom. The third kappa shape index (κ3) is 6.21. The van der Waals surface area contributed by atoms with E-state index in [1.165, 1.54) is 38.9 Å². The van der Waals surface area contributed by atoms with Crippen LogP contribution in [0.3, 0.4) is 0 Å². The van der Waals surface area contributed by atoms with Gasteiger partial charge in [-0.05, 0) is 45.9 Å².